The topological polar surface area (TPSA) is 71.5 Å². The Hall–Kier alpha value is -2.41. The fourth-order valence-corrected chi connectivity index (χ4v) is 3.48. The van der Waals surface area contributed by atoms with Crippen LogP contribution in [0.4, 0.5) is 10.8 Å². The fraction of sp³-hybridized carbons (Fsp3) is 0.389. The Morgan fingerprint density at radius 1 is 1.40 bits per heavy atom. The number of nitrogens with one attached hydrogen (secondary N) is 1. The lowest BCUT2D eigenvalue weighted by Crippen LogP contribution is -2.35. The number of nitrogens with zero attached hydrogens (tertiary/aromatic N) is 2. The molecule has 2 aromatic rings. The zero-order valence-electron chi connectivity index (χ0n) is 14.5. The quantitative estimate of drug-likeness (QED) is 0.886. The summed E-state index contributed by atoms with van der Waals surface area (Å²) < 4.78 is 5.44. The number of benzene rings is 1. The van der Waals surface area contributed by atoms with E-state index in [1.54, 1.807) is 11.9 Å². The van der Waals surface area contributed by atoms with Crippen LogP contribution in [0.1, 0.15) is 26.7 Å². The van der Waals surface area contributed by atoms with Crippen molar-refractivity contribution in [1.82, 2.24) is 4.98 Å². The molecule has 7 heteroatoms. The minimum absolute atomic E-state index is 0.00732. The lowest BCUT2D eigenvalue weighted by molar-refractivity contribution is -0.121. The number of amides is 2. The minimum Gasteiger partial charge on any atom is -0.482 e. The molecule has 2 heterocycles. The van der Waals surface area contributed by atoms with Crippen LogP contribution in [0.25, 0.3) is 11.3 Å². The van der Waals surface area contributed by atoms with Crippen LogP contribution in [0.15, 0.2) is 23.6 Å². The standard InChI is InChI=1S/C18H21N3O3S/c1-4-11(5-2)17(23)20-18-19-13(10-25-18)12-6-7-15-14(8-12)21(3)16(22)9-24-15/h6-8,10-11H,4-5,9H2,1-3H3,(H,19,20,23). The van der Waals surface area contributed by atoms with Gasteiger partial charge in [0.25, 0.3) is 5.91 Å². The molecule has 2 amide bonds. The minimum atomic E-state index is -0.0824. The van der Waals surface area contributed by atoms with E-state index < -0.39 is 0 Å². The van der Waals surface area contributed by atoms with Gasteiger partial charge in [-0.25, -0.2) is 4.98 Å². The van der Waals surface area contributed by atoms with Crippen molar-refractivity contribution in [1.29, 1.82) is 0 Å². The third-order valence-corrected chi connectivity index (χ3v) is 5.19. The molecule has 0 fully saturated rings. The Kier molecular flexibility index (Phi) is 5.03. The summed E-state index contributed by atoms with van der Waals surface area (Å²) in [5, 5.41) is 5.38. The zero-order valence-corrected chi connectivity index (χ0v) is 15.4. The molecule has 3 rings (SSSR count). The van der Waals surface area contributed by atoms with Gasteiger partial charge in [-0.3, -0.25) is 9.59 Å². The molecule has 0 saturated carbocycles. The van der Waals surface area contributed by atoms with E-state index in [9.17, 15) is 9.59 Å². The van der Waals surface area contributed by atoms with Gasteiger partial charge in [-0.2, -0.15) is 0 Å². The molecule has 0 aliphatic carbocycles. The van der Waals surface area contributed by atoms with Crippen molar-refractivity contribution < 1.29 is 14.3 Å². The summed E-state index contributed by atoms with van der Waals surface area (Å²) in [7, 11) is 1.73. The van der Waals surface area contributed by atoms with Crippen LogP contribution < -0.4 is 15.0 Å². The smallest absolute Gasteiger partial charge is 0.264 e. The molecule has 6 nitrogen and oxygen atoms in total. The highest BCUT2D eigenvalue weighted by atomic mass is 32.1. The van der Waals surface area contributed by atoms with Crippen LogP contribution in [-0.2, 0) is 9.59 Å². The highest BCUT2D eigenvalue weighted by Gasteiger charge is 2.23. The number of aromatic nitrogens is 1. The van der Waals surface area contributed by atoms with E-state index in [0.29, 0.717) is 10.9 Å². The molecule has 0 radical (unpaired) electrons. The third-order valence-electron chi connectivity index (χ3n) is 4.43. The van der Waals surface area contributed by atoms with E-state index in [1.807, 2.05) is 37.4 Å². The number of thiazole rings is 1. The van der Waals surface area contributed by atoms with E-state index in [2.05, 4.69) is 10.3 Å². The average molecular weight is 359 g/mol. The summed E-state index contributed by atoms with van der Waals surface area (Å²) in [5.74, 6) is 0.618. The highest BCUT2D eigenvalue weighted by Crippen LogP contribution is 2.36. The predicted octanol–water partition coefficient (Wildman–Crippen LogP) is 3.54. The number of carbonyl (C=O) groups excluding carboxylic acids is 2. The number of rotatable bonds is 5. The summed E-state index contributed by atoms with van der Waals surface area (Å²) in [5.41, 5.74) is 2.37. The normalized spacial score (nSPS) is 13.6. The van der Waals surface area contributed by atoms with Gasteiger partial charge in [0.2, 0.25) is 5.91 Å². The van der Waals surface area contributed by atoms with Gasteiger partial charge in [0, 0.05) is 23.9 Å². The number of ether oxygens (including phenoxy) is 1. The van der Waals surface area contributed by atoms with Gasteiger partial charge >= 0.3 is 0 Å². The van der Waals surface area contributed by atoms with Crippen molar-refractivity contribution >= 4 is 34.0 Å². The molecule has 1 aliphatic rings. The second-order valence-electron chi connectivity index (χ2n) is 5.96. The van der Waals surface area contributed by atoms with Crippen LogP contribution in [-0.4, -0.2) is 30.5 Å². The van der Waals surface area contributed by atoms with Crippen molar-refractivity contribution in [3.63, 3.8) is 0 Å². The molecule has 0 unspecified atom stereocenters. The van der Waals surface area contributed by atoms with E-state index in [4.69, 9.17) is 4.74 Å². The molecule has 0 spiro atoms. The molecule has 0 atom stereocenters. The van der Waals surface area contributed by atoms with Crippen molar-refractivity contribution in [3.05, 3.63) is 23.6 Å². The Morgan fingerprint density at radius 3 is 2.88 bits per heavy atom. The van der Waals surface area contributed by atoms with E-state index >= 15 is 0 Å². The number of hydrogen-bond donors (Lipinski definition) is 1. The largest absolute Gasteiger partial charge is 0.482 e. The SMILES string of the molecule is CCC(CC)C(=O)Nc1nc(-c2ccc3c(c2)N(C)C(=O)CO3)cs1. The second-order valence-corrected chi connectivity index (χ2v) is 6.82. The van der Waals surface area contributed by atoms with Gasteiger partial charge in [-0.1, -0.05) is 13.8 Å². The number of anilines is 2. The van der Waals surface area contributed by atoms with Crippen LogP contribution in [0, 0.1) is 5.92 Å². The fourth-order valence-electron chi connectivity index (χ4n) is 2.76. The molecule has 0 bridgehead atoms. The molecular weight excluding hydrogens is 338 g/mol. The van der Waals surface area contributed by atoms with Crippen molar-refractivity contribution in [3.8, 4) is 17.0 Å². The van der Waals surface area contributed by atoms with Crippen molar-refractivity contribution in [2.75, 3.05) is 23.9 Å². The Bertz CT molecular complexity index is 799. The molecule has 1 aromatic carbocycles. The molecule has 1 aliphatic heterocycles. The summed E-state index contributed by atoms with van der Waals surface area (Å²) in [6, 6.07) is 5.63. The van der Waals surface area contributed by atoms with Crippen molar-refractivity contribution in [2.45, 2.75) is 26.7 Å². The summed E-state index contributed by atoms with van der Waals surface area (Å²) in [6.45, 7) is 4.08. The summed E-state index contributed by atoms with van der Waals surface area (Å²) >= 11 is 1.39. The van der Waals surface area contributed by atoms with Gasteiger partial charge in [-0.05, 0) is 31.0 Å². The summed E-state index contributed by atoms with van der Waals surface area (Å²) in [4.78, 5) is 30.1. The Balaban J connectivity index is 1.81. The maximum atomic E-state index is 12.2. The number of fused-ring (bicyclic) bond motifs is 1. The first-order chi connectivity index (χ1) is 12.0. The second kappa shape index (κ2) is 7.23. The zero-order chi connectivity index (χ0) is 18.0. The maximum absolute atomic E-state index is 12.2. The van der Waals surface area contributed by atoms with Crippen LogP contribution >= 0.6 is 11.3 Å². The first kappa shape index (κ1) is 17.4. The van der Waals surface area contributed by atoms with Crippen LogP contribution in [0.2, 0.25) is 0 Å². The molecule has 132 valence electrons. The van der Waals surface area contributed by atoms with Gasteiger partial charge in [-0.15, -0.1) is 11.3 Å². The van der Waals surface area contributed by atoms with Crippen molar-refractivity contribution in [2.24, 2.45) is 5.92 Å². The maximum Gasteiger partial charge on any atom is 0.264 e. The monoisotopic (exact) mass is 359 g/mol. The van der Waals surface area contributed by atoms with E-state index in [-0.39, 0.29) is 24.3 Å². The predicted molar refractivity (Wildman–Crippen MR) is 99.2 cm³/mol. The van der Waals surface area contributed by atoms with E-state index in [1.165, 1.54) is 11.3 Å². The number of carbonyl (C=O) groups is 2. The summed E-state index contributed by atoms with van der Waals surface area (Å²) in [6.07, 6.45) is 1.62. The lowest BCUT2D eigenvalue weighted by atomic mass is 10.0. The first-order valence-corrected chi connectivity index (χ1v) is 9.21. The van der Waals surface area contributed by atoms with Crippen LogP contribution in [0.3, 0.4) is 0 Å². The van der Waals surface area contributed by atoms with E-state index in [0.717, 1.165) is 29.8 Å². The molecule has 0 saturated heterocycles. The average Bonchev–Trinajstić information content (AvgIpc) is 3.07. The molecule has 1 N–H and O–H groups in total. The lowest BCUT2D eigenvalue weighted by Gasteiger charge is -2.26. The third kappa shape index (κ3) is 3.51. The highest BCUT2D eigenvalue weighted by molar-refractivity contribution is 7.14. The number of hydrogen-bond acceptors (Lipinski definition) is 5. The van der Waals surface area contributed by atoms with Gasteiger partial charge in [0.15, 0.2) is 11.7 Å². The molecule has 1 aromatic heterocycles. The molecule has 25 heavy (non-hydrogen) atoms. The Morgan fingerprint density at radius 2 is 2.16 bits per heavy atom. The first-order valence-electron chi connectivity index (χ1n) is 8.33. The van der Waals surface area contributed by atoms with Gasteiger partial charge in [0.05, 0.1) is 11.4 Å². The Labute approximate surface area is 150 Å². The molecular formula is C18H21N3O3S. The number of likely N-dealkylation sites (N-methyl/N-ethyl adjacent to an activating group) is 1. The van der Waals surface area contributed by atoms with Crippen LogP contribution in [0.5, 0.6) is 5.75 Å². The van der Waals surface area contributed by atoms with Gasteiger partial charge in [0.1, 0.15) is 5.75 Å². The van der Waals surface area contributed by atoms with Gasteiger partial charge < -0.3 is 15.0 Å².